The van der Waals surface area contributed by atoms with Crippen molar-refractivity contribution in [2.45, 2.75) is 19.9 Å². The van der Waals surface area contributed by atoms with E-state index in [2.05, 4.69) is 60.9 Å². The van der Waals surface area contributed by atoms with E-state index in [0.717, 1.165) is 43.4 Å². The first kappa shape index (κ1) is 16.5. The van der Waals surface area contributed by atoms with Crippen molar-refractivity contribution in [3.8, 4) is 0 Å². The molecule has 126 valence electrons. The smallest absolute Gasteiger partial charge is 0.191 e. The van der Waals surface area contributed by atoms with Crippen LogP contribution in [-0.4, -0.2) is 35.6 Å². The quantitative estimate of drug-likeness (QED) is 0.535. The number of imidazole rings is 1. The molecule has 0 saturated carbocycles. The van der Waals surface area contributed by atoms with E-state index in [9.17, 15) is 0 Å². The van der Waals surface area contributed by atoms with Crippen molar-refractivity contribution in [2.75, 3.05) is 20.1 Å². The normalized spacial score (nSPS) is 11.8. The summed E-state index contributed by atoms with van der Waals surface area (Å²) >= 11 is 1.79. The molecule has 0 fully saturated rings. The van der Waals surface area contributed by atoms with Crippen LogP contribution in [0.3, 0.4) is 0 Å². The number of hydrogen-bond donors (Lipinski definition) is 2. The zero-order valence-corrected chi connectivity index (χ0v) is 14.9. The van der Waals surface area contributed by atoms with Crippen molar-refractivity contribution >= 4 is 28.3 Å². The largest absolute Gasteiger partial charge is 0.356 e. The Hall–Kier alpha value is -2.34. The lowest BCUT2D eigenvalue weighted by Crippen LogP contribution is -2.39. The second kappa shape index (κ2) is 7.97. The monoisotopic (exact) mass is 341 g/mol. The fourth-order valence-corrected chi connectivity index (χ4v) is 3.45. The highest BCUT2D eigenvalue weighted by Crippen LogP contribution is 2.14. The first-order valence-corrected chi connectivity index (χ1v) is 9.04. The lowest BCUT2D eigenvalue weighted by Gasteiger charge is -2.13. The van der Waals surface area contributed by atoms with Gasteiger partial charge in [0.05, 0.1) is 11.0 Å². The number of nitrogens with zero attached hydrogens (tertiary/aromatic N) is 3. The summed E-state index contributed by atoms with van der Waals surface area (Å²) in [6, 6.07) is 12.5. The van der Waals surface area contributed by atoms with Crippen LogP contribution >= 0.6 is 11.3 Å². The van der Waals surface area contributed by atoms with Gasteiger partial charge in [-0.2, -0.15) is 0 Å². The van der Waals surface area contributed by atoms with E-state index in [1.807, 2.05) is 13.0 Å². The number of aryl methyl sites for hydroxylation is 1. The molecule has 24 heavy (non-hydrogen) atoms. The number of fused-ring (bicyclic) bond motifs is 1. The van der Waals surface area contributed by atoms with Crippen LogP contribution in [-0.2, 0) is 13.0 Å². The average Bonchev–Trinajstić information content (AvgIpc) is 3.21. The number of aliphatic imine (C=N–C) groups is 1. The van der Waals surface area contributed by atoms with Crippen LogP contribution in [0.2, 0.25) is 0 Å². The molecule has 0 saturated heterocycles. The molecular formula is C18H23N5S. The number of thiophene rings is 1. The summed E-state index contributed by atoms with van der Waals surface area (Å²) in [4.78, 5) is 10.3. The standard InChI is InChI=1S/C18H23N5S/c1-14-22-16-7-3-4-8-17(16)23(14)12-11-21-18(19-2)20-10-9-15-6-5-13-24-15/h3-8,13H,9-12H2,1-2H3,(H2,19,20,21). The molecule has 0 bridgehead atoms. The Morgan fingerprint density at radius 2 is 2.00 bits per heavy atom. The van der Waals surface area contributed by atoms with Crippen molar-refractivity contribution in [3.63, 3.8) is 0 Å². The molecule has 0 aliphatic rings. The zero-order chi connectivity index (χ0) is 16.8. The molecule has 0 spiro atoms. The first-order chi connectivity index (χ1) is 11.8. The number of benzene rings is 1. The predicted molar refractivity (Wildman–Crippen MR) is 102 cm³/mol. The van der Waals surface area contributed by atoms with Crippen molar-refractivity contribution in [3.05, 3.63) is 52.5 Å². The number of nitrogens with one attached hydrogen (secondary N) is 2. The van der Waals surface area contributed by atoms with Gasteiger partial charge < -0.3 is 15.2 Å². The number of rotatable bonds is 6. The third-order valence-electron chi connectivity index (χ3n) is 3.94. The van der Waals surface area contributed by atoms with Gasteiger partial charge in [-0.05, 0) is 36.9 Å². The van der Waals surface area contributed by atoms with Crippen LogP contribution in [0.15, 0.2) is 46.8 Å². The molecule has 2 aromatic heterocycles. The SMILES string of the molecule is CN=C(NCCc1cccs1)NCCn1c(C)nc2ccccc21. The van der Waals surface area contributed by atoms with E-state index in [4.69, 9.17) is 0 Å². The summed E-state index contributed by atoms with van der Waals surface area (Å²) in [7, 11) is 1.80. The van der Waals surface area contributed by atoms with Crippen LogP contribution in [0, 0.1) is 6.92 Å². The zero-order valence-electron chi connectivity index (χ0n) is 14.1. The Bertz CT molecular complexity index is 804. The van der Waals surface area contributed by atoms with Gasteiger partial charge in [0.15, 0.2) is 5.96 Å². The second-order valence-corrected chi connectivity index (χ2v) is 6.59. The maximum atomic E-state index is 4.60. The second-order valence-electron chi connectivity index (χ2n) is 5.55. The molecule has 3 aromatic rings. The Morgan fingerprint density at radius 1 is 1.17 bits per heavy atom. The molecule has 0 unspecified atom stereocenters. The van der Waals surface area contributed by atoms with Gasteiger partial charge in [0, 0.05) is 31.6 Å². The van der Waals surface area contributed by atoms with E-state index in [1.165, 1.54) is 10.4 Å². The fraction of sp³-hybridized carbons (Fsp3) is 0.333. The summed E-state index contributed by atoms with van der Waals surface area (Å²) in [5.74, 6) is 1.88. The third kappa shape index (κ3) is 3.94. The van der Waals surface area contributed by atoms with Crippen molar-refractivity contribution < 1.29 is 0 Å². The molecule has 0 radical (unpaired) electrons. The van der Waals surface area contributed by atoms with Crippen molar-refractivity contribution in [2.24, 2.45) is 4.99 Å². The Labute approximate surface area is 146 Å². The minimum absolute atomic E-state index is 0.805. The molecular weight excluding hydrogens is 318 g/mol. The summed E-state index contributed by atoms with van der Waals surface area (Å²) in [6.07, 6.45) is 1.02. The van der Waals surface area contributed by atoms with Gasteiger partial charge in [-0.3, -0.25) is 4.99 Å². The molecule has 6 heteroatoms. The first-order valence-electron chi connectivity index (χ1n) is 8.16. The minimum Gasteiger partial charge on any atom is -0.356 e. The molecule has 2 N–H and O–H groups in total. The summed E-state index contributed by atoms with van der Waals surface area (Å²) in [5, 5.41) is 8.84. The highest BCUT2D eigenvalue weighted by Gasteiger charge is 2.06. The highest BCUT2D eigenvalue weighted by atomic mass is 32.1. The van der Waals surface area contributed by atoms with E-state index < -0.39 is 0 Å². The molecule has 0 aliphatic carbocycles. The Morgan fingerprint density at radius 3 is 2.79 bits per heavy atom. The summed E-state index contributed by atoms with van der Waals surface area (Å²) in [5.41, 5.74) is 2.23. The number of para-hydroxylation sites is 2. The van der Waals surface area contributed by atoms with Gasteiger partial charge in [-0.15, -0.1) is 11.3 Å². The van der Waals surface area contributed by atoms with Crippen LogP contribution in [0.1, 0.15) is 10.7 Å². The molecule has 2 heterocycles. The van der Waals surface area contributed by atoms with Crippen LogP contribution in [0.4, 0.5) is 0 Å². The topological polar surface area (TPSA) is 54.2 Å². The Kier molecular flexibility index (Phi) is 5.48. The van der Waals surface area contributed by atoms with Gasteiger partial charge >= 0.3 is 0 Å². The van der Waals surface area contributed by atoms with Gasteiger partial charge in [0.1, 0.15) is 5.82 Å². The van der Waals surface area contributed by atoms with E-state index in [-0.39, 0.29) is 0 Å². The van der Waals surface area contributed by atoms with E-state index in [0.29, 0.717) is 0 Å². The van der Waals surface area contributed by atoms with Gasteiger partial charge in [-0.1, -0.05) is 18.2 Å². The van der Waals surface area contributed by atoms with Crippen LogP contribution in [0.25, 0.3) is 11.0 Å². The lowest BCUT2D eigenvalue weighted by molar-refractivity contribution is 0.660. The maximum Gasteiger partial charge on any atom is 0.191 e. The summed E-state index contributed by atoms with van der Waals surface area (Å²) < 4.78 is 2.24. The maximum absolute atomic E-state index is 4.60. The molecule has 0 atom stereocenters. The average molecular weight is 341 g/mol. The molecule has 5 nitrogen and oxygen atoms in total. The van der Waals surface area contributed by atoms with Gasteiger partial charge in [-0.25, -0.2) is 4.98 Å². The molecule has 0 aliphatic heterocycles. The Balaban J connectivity index is 1.49. The molecule has 3 rings (SSSR count). The fourth-order valence-electron chi connectivity index (χ4n) is 2.74. The lowest BCUT2D eigenvalue weighted by atomic mass is 10.3. The highest BCUT2D eigenvalue weighted by molar-refractivity contribution is 7.09. The van der Waals surface area contributed by atoms with Gasteiger partial charge in [0.25, 0.3) is 0 Å². The predicted octanol–water partition coefficient (Wildman–Crippen LogP) is 2.81. The van der Waals surface area contributed by atoms with Crippen molar-refractivity contribution in [1.82, 2.24) is 20.2 Å². The van der Waals surface area contributed by atoms with Crippen molar-refractivity contribution in [1.29, 1.82) is 0 Å². The van der Waals surface area contributed by atoms with E-state index in [1.54, 1.807) is 18.4 Å². The van der Waals surface area contributed by atoms with Crippen LogP contribution in [0.5, 0.6) is 0 Å². The third-order valence-corrected chi connectivity index (χ3v) is 4.88. The molecule has 1 aromatic carbocycles. The minimum atomic E-state index is 0.805. The number of hydrogen-bond acceptors (Lipinski definition) is 3. The number of aromatic nitrogens is 2. The molecule has 0 amide bonds. The van der Waals surface area contributed by atoms with E-state index >= 15 is 0 Å². The number of guanidine groups is 1. The van der Waals surface area contributed by atoms with Gasteiger partial charge in [0.2, 0.25) is 0 Å². The summed E-state index contributed by atoms with van der Waals surface area (Å²) in [6.45, 7) is 4.60. The van der Waals surface area contributed by atoms with Crippen LogP contribution < -0.4 is 10.6 Å².